The average molecular weight is 342 g/mol. The number of benzene rings is 1. The summed E-state index contributed by atoms with van der Waals surface area (Å²) >= 11 is 5.81. The Bertz CT molecular complexity index is 644. The lowest BCUT2D eigenvalue weighted by molar-refractivity contribution is 0.0658. The van der Waals surface area contributed by atoms with E-state index in [1.807, 2.05) is 0 Å². The molecule has 0 atom stereocenters. The first kappa shape index (κ1) is 15.8. The van der Waals surface area contributed by atoms with Gasteiger partial charge in [0.1, 0.15) is 0 Å². The maximum atomic E-state index is 12.6. The Balaban J connectivity index is 1.61. The molecule has 1 aliphatic heterocycles. The van der Waals surface area contributed by atoms with Crippen molar-refractivity contribution in [1.82, 2.24) is 4.90 Å². The number of carbonyl (C=O) groups is 1. The highest BCUT2D eigenvalue weighted by atomic mass is 35.5. The number of amides is 1. The van der Waals surface area contributed by atoms with Crippen molar-refractivity contribution >= 4 is 27.3 Å². The Morgan fingerprint density at radius 1 is 1.00 bits per heavy atom. The van der Waals surface area contributed by atoms with E-state index in [9.17, 15) is 13.2 Å². The van der Waals surface area contributed by atoms with Crippen LogP contribution < -0.4 is 0 Å². The van der Waals surface area contributed by atoms with Crippen LogP contribution in [0.25, 0.3) is 0 Å². The molecule has 2 fully saturated rings. The van der Waals surface area contributed by atoms with Crippen molar-refractivity contribution < 1.29 is 13.2 Å². The Labute approximate surface area is 136 Å². The molecule has 1 aromatic carbocycles. The van der Waals surface area contributed by atoms with Gasteiger partial charge in [-0.1, -0.05) is 30.9 Å². The Morgan fingerprint density at radius 3 is 2.18 bits per heavy atom. The number of sulfone groups is 1. The second-order valence-electron chi connectivity index (χ2n) is 6.19. The summed E-state index contributed by atoms with van der Waals surface area (Å²) in [6, 6.07) is 6.69. The van der Waals surface area contributed by atoms with E-state index in [-0.39, 0.29) is 16.4 Å². The quantitative estimate of drug-likeness (QED) is 0.849. The van der Waals surface area contributed by atoms with E-state index in [0.717, 1.165) is 32.1 Å². The van der Waals surface area contributed by atoms with E-state index in [4.69, 9.17) is 11.6 Å². The highest BCUT2D eigenvalue weighted by Gasteiger charge is 2.43. The number of rotatable bonds is 3. The van der Waals surface area contributed by atoms with Crippen LogP contribution in [0, 0.1) is 0 Å². The molecule has 0 unspecified atom stereocenters. The molecule has 1 aliphatic carbocycles. The number of likely N-dealkylation sites (tertiary alicyclic amines) is 1. The first-order valence-electron chi connectivity index (χ1n) is 7.76. The van der Waals surface area contributed by atoms with Crippen molar-refractivity contribution in [1.29, 1.82) is 0 Å². The van der Waals surface area contributed by atoms with E-state index in [1.54, 1.807) is 29.2 Å². The minimum atomic E-state index is -3.10. The maximum absolute atomic E-state index is 12.6. The van der Waals surface area contributed by atoms with Crippen LogP contribution in [0.3, 0.4) is 0 Å². The monoisotopic (exact) mass is 341 g/mol. The molecule has 0 bridgehead atoms. The summed E-state index contributed by atoms with van der Waals surface area (Å²) in [6.07, 6.45) is 4.71. The second kappa shape index (κ2) is 6.20. The van der Waals surface area contributed by atoms with Crippen molar-refractivity contribution in [3.05, 3.63) is 34.9 Å². The largest absolute Gasteiger partial charge is 0.336 e. The average Bonchev–Trinajstić information content (AvgIpc) is 2.47. The van der Waals surface area contributed by atoms with Gasteiger partial charge in [0.2, 0.25) is 0 Å². The summed E-state index contributed by atoms with van der Waals surface area (Å²) in [6.45, 7) is 0.639. The fourth-order valence-corrected chi connectivity index (χ4v) is 5.69. The van der Waals surface area contributed by atoms with Crippen LogP contribution in [-0.4, -0.2) is 42.8 Å². The zero-order valence-corrected chi connectivity index (χ0v) is 13.9. The molecular formula is C16H20ClNO3S. The lowest BCUT2D eigenvalue weighted by atomic mass is 10.0. The zero-order chi connectivity index (χ0) is 15.7. The van der Waals surface area contributed by atoms with Crippen molar-refractivity contribution in [2.24, 2.45) is 0 Å². The summed E-state index contributed by atoms with van der Waals surface area (Å²) in [5.41, 5.74) is 0.554. The predicted molar refractivity (Wildman–Crippen MR) is 86.9 cm³/mol. The van der Waals surface area contributed by atoms with Gasteiger partial charge in [-0.2, -0.15) is 0 Å². The summed E-state index contributed by atoms with van der Waals surface area (Å²) in [4.78, 5) is 13.9. The van der Waals surface area contributed by atoms with Gasteiger partial charge in [0.05, 0.1) is 10.5 Å². The van der Waals surface area contributed by atoms with Gasteiger partial charge in [0.25, 0.3) is 5.91 Å². The van der Waals surface area contributed by atoms with Crippen LogP contribution in [0.4, 0.5) is 0 Å². The highest BCUT2D eigenvalue weighted by molar-refractivity contribution is 7.92. The van der Waals surface area contributed by atoms with Crippen molar-refractivity contribution in [2.75, 3.05) is 13.1 Å². The number of halogens is 1. The van der Waals surface area contributed by atoms with Crippen LogP contribution in [0.5, 0.6) is 0 Å². The van der Waals surface area contributed by atoms with Gasteiger partial charge < -0.3 is 4.90 Å². The molecule has 1 heterocycles. The van der Waals surface area contributed by atoms with Gasteiger partial charge in [-0.25, -0.2) is 8.42 Å². The third kappa shape index (κ3) is 3.01. The van der Waals surface area contributed by atoms with Gasteiger partial charge in [0, 0.05) is 23.7 Å². The minimum Gasteiger partial charge on any atom is -0.336 e. The van der Waals surface area contributed by atoms with Gasteiger partial charge in [-0.05, 0) is 37.1 Å². The van der Waals surface area contributed by atoms with Crippen molar-refractivity contribution in [3.63, 3.8) is 0 Å². The minimum absolute atomic E-state index is 0.119. The Kier molecular flexibility index (Phi) is 4.46. The van der Waals surface area contributed by atoms with Crippen LogP contribution in [0.2, 0.25) is 5.02 Å². The van der Waals surface area contributed by atoms with Gasteiger partial charge in [-0.3, -0.25) is 4.79 Å². The molecule has 0 spiro atoms. The molecule has 2 aliphatic rings. The first-order chi connectivity index (χ1) is 10.5. The molecule has 0 radical (unpaired) electrons. The normalized spacial score (nSPS) is 20.7. The summed E-state index contributed by atoms with van der Waals surface area (Å²) < 4.78 is 25.1. The lowest BCUT2D eigenvalue weighted by Gasteiger charge is -2.40. The van der Waals surface area contributed by atoms with Crippen LogP contribution in [0.15, 0.2) is 24.3 Å². The third-order valence-corrected chi connectivity index (χ3v) is 7.59. The zero-order valence-electron chi connectivity index (χ0n) is 12.4. The molecule has 120 valence electrons. The maximum Gasteiger partial charge on any atom is 0.253 e. The smallest absolute Gasteiger partial charge is 0.253 e. The van der Waals surface area contributed by atoms with Crippen LogP contribution >= 0.6 is 11.6 Å². The van der Waals surface area contributed by atoms with Gasteiger partial charge >= 0.3 is 0 Å². The molecular weight excluding hydrogens is 322 g/mol. The van der Waals surface area contributed by atoms with E-state index < -0.39 is 9.84 Å². The number of hydrogen-bond acceptors (Lipinski definition) is 3. The van der Waals surface area contributed by atoms with E-state index in [2.05, 4.69) is 0 Å². The molecule has 22 heavy (non-hydrogen) atoms. The topological polar surface area (TPSA) is 54.5 Å². The number of nitrogens with zero attached hydrogens (tertiary/aromatic N) is 1. The third-order valence-electron chi connectivity index (χ3n) is 4.71. The van der Waals surface area contributed by atoms with Gasteiger partial charge in [0.15, 0.2) is 9.84 Å². The highest BCUT2D eigenvalue weighted by Crippen LogP contribution is 2.30. The second-order valence-corrected chi connectivity index (χ2v) is 9.14. The molecule has 6 heteroatoms. The van der Waals surface area contributed by atoms with E-state index >= 15 is 0 Å². The number of carbonyl (C=O) groups excluding carboxylic acids is 1. The molecule has 1 saturated carbocycles. The summed E-state index contributed by atoms with van der Waals surface area (Å²) in [5.74, 6) is -0.119. The van der Waals surface area contributed by atoms with Crippen LogP contribution in [-0.2, 0) is 9.84 Å². The van der Waals surface area contributed by atoms with E-state index in [1.165, 1.54) is 0 Å². The van der Waals surface area contributed by atoms with Crippen molar-refractivity contribution in [3.8, 4) is 0 Å². The summed E-state index contributed by atoms with van der Waals surface area (Å²) in [7, 11) is -3.10. The molecule has 1 aromatic rings. The first-order valence-corrected chi connectivity index (χ1v) is 9.75. The molecule has 0 aromatic heterocycles. The molecule has 1 saturated heterocycles. The number of hydrogen-bond donors (Lipinski definition) is 0. The van der Waals surface area contributed by atoms with E-state index in [0.29, 0.717) is 23.7 Å². The standard InChI is InChI=1S/C16H20ClNO3S/c17-13-8-6-12(7-9-13)16(19)18-10-15(11-18)22(20,21)14-4-2-1-3-5-14/h6-9,14-15H,1-5,10-11H2. The fraction of sp³-hybridized carbons (Fsp3) is 0.562. The Hall–Kier alpha value is -1.07. The van der Waals surface area contributed by atoms with Crippen molar-refractivity contribution in [2.45, 2.75) is 42.6 Å². The molecule has 4 nitrogen and oxygen atoms in total. The summed E-state index contributed by atoms with van der Waals surface area (Å²) in [5, 5.41) is 0.00352. The molecule has 0 N–H and O–H groups in total. The molecule has 1 amide bonds. The SMILES string of the molecule is O=C(c1ccc(Cl)cc1)N1CC(S(=O)(=O)C2CCCCC2)C1. The molecule has 3 rings (SSSR count). The van der Waals surface area contributed by atoms with Gasteiger partial charge in [-0.15, -0.1) is 0 Å². The van der Waals surface area contributed by atoms with Crippen LogP contribution in [0.1, 0.15) is 42.5 Å². The lowest BCUT2D eigenvalue weighted by Crippen LogP contribution is -2.58. The Morgan fingerprint density at radius 2 is 1.59 bits per heavy atom. The fourth-order valence-electron chi connectivity index (χ4n) is 3.25. The predicted octanol–water partition coefficient (Wildman–Crippen LogP) is 2.91.